The number of methoxy groups -OCH3 is 1. The summed E-state index contributed by atoms with van der Waals surface area (Å²) in [6, 6.07) is 17.4. The molecular formula is C26H30ClN3O4S2. The Labute approximate surface area is 222 Å². The van der Waals surface area contributed by atoms with Crippen molar-refractivity contribution >= 4 is 44.6 Å². The normalized spacial score (nSPS) is 11.7. The molecule has 0 bridgehead atoms. The Bertz CT molecular complexity index is 1320. The average molecular weight is 548 g/mol. The van der Waals surface area contributed by atoms with Gasteiger partial charge in [0.05, 0.1) is 12.0 Å². The fourth-order valence-electron chi connectivity index (χ4n) is 3.34. The quantitative estimate of drug-likeness (QED) is 0.283. The van der Waals surface area contributed by atoms with E-state index in [1.54, 1.807) is 12.1 Å². The van der Waals surface area contributed by atoms with Gasteiger partial charge in [0.2, 0.25) is 10.0 Å². The number of nitrogens with one attached hydrogen (secondary N) is 3. The van der Waals surface area contributed by atoms with Gasteiger partial charge in [-0.25, -0.2) is 13.1 Å². The predicted molar refractivity (Wildman–Crippen MR) is 148 cm³/mol. The number of phenols is 1. The molecule has 0 saturated carbocycles. The molecule has 0 heterocycles. The third-order valence-corrected chi connectivity index (χ3v) is 7.51. The third kappa shape index (κ3) is 7.33. The lowest BCUT2D eigenvalue weighted by atomic mass is 9.87. The van der Waals surface area contributed by atoms with Gasteiger partial charge in [0.15, 0.2) is 16.6 Å². The lowest BCUT2D eigenvalue weighted by Gasteiger charge is -2.19. The summed E-state index contributed by atoms with van der Waals surface area (Å²) >= 11 is 11.5. The van der Waals surface area contributed by atoms with Crippen molar-refractivity contribution in [1.29, 1.82) is 0 Å². The van der Waals surface area contributed by atoms with E-state index in [4.69, 9.17) is 28.6 Å². The van der Waals surface area contributed by atoms with Crippen LogP contribution in [0.15, 0.2) is 65.6 Å². The second-order valence-corrected chi connectivity index (χ2v) is 11.8. The maximum Gasteiger partial charge on any atom is 0.240 e. The van der Waals surface area contributed by atoms with Crippen molar-refractivity contribution < 1.29 is 18.3 Å². The lowest BCUT2D eigenvalue weighted by Crippen LogP contribution is -2.28. The van der Waals surface area contributed by atoms with E-state index in [2.05, 4.69) is 60.4 Å². The molecule has 0 saturated heterocycles. The monoisotopic (exact) mass is 547 g/mol. The van der Waals surface area contributed by atoms with E-state index < -0.39 is 10.0 Å². The zero-order valence-electron chi connectivity index (χ0n) is 20.6. The minimum absolute atomic E-state index is 0.0669. The van der Waals surface area contributed by atoms with Crippen molar-refractivity contribution in [2.45, 2.75) is 44.2 Å². The largest absolute Gasteiger partial charge is 0.504 e. The van der Waals surface area contributed by atoms with Gasteiger partial charge >= 0.3 is 0 Å². The van der Waals surface area contributed by atoms with Crippen LogP contribution in [0.1, 0.15) is 37.5 Å². The molecule has 3 aromatic carbocycles. The van der Waals surface area contributed by atoms with Crippen molar-refractivity contribution in [2.24, 2.45) is 0 Å². The van der Waals surface area contributed by atoms with Crippen LogP contribution in [0.3, 0.4) is 0 Å². The number of ether oxygens (including phenoxy) is 1. The van der Waals surface area contributed by atoms with Gasteiger partial charge in [-0.2, -0.15) is 0 Å². The standard InChI is InChI=1S/C26H30ClN3O4S2/c1-26(2,3)19-7-5-17(6-8-19)15-28-25(35)30-20-9-11-21(12-10-20)36(32,33)29-16-18-13-24(34-4)23(31)14-22(18)27/h5-14,29,31H,15-16H2,1-4H3,(H2,28,30,35). The van der Waals surface area contributed by atoms with E-state index in [0.29, 0.717) is 22.9 Å². The predicted octanol–water partition coefficient (Wildman–Crippen LogP) is 5.32. The Morgan fingerprint density at radius 1 is 1.03 bits per heavy atom. The van der Waals surface area contributed by atoms with Crippen molar-refractivity contribution in [3.05, 3.63) is 82.4 Å². The number of sulfonamides is 1. The van der Waals surface area contributed by atoms with E-state index in [1.807, 2.05) is 0 Å². The van der Waals surface area contributed by atoms with Crippen LogP contribution < -0.4 is 20.1 Å². The van der Waals surface area contributed by atoms with Crippen LogP contribution >= 0.6 is 23.8 Å². The highest BCUT2D eigenvalue weighted by atomic mass is 35.5. The SMILES string of the molecule is COc1cc(CNS(=O)(=O)c2ccc(NC(=S)NCc3ccc(C(C)(C)C)cc3)cc2)c(Cl)cc1O. The van der Waals surface area contributed by atoms with Crippen LogP contribution in [0.4, 0.5) is 5.69 Å². The highest BCUT2D eigenvalue weighted by molar-refractivity contribution is 7.89. The van der Waals surface area contributed by atoms with Gasteiger partial charge < -0.3 is 20.5 Å². The molecule has 0 fully saturated rings. The number of rotatable bonds is 8. The zero-order valence-corrected chi connectivity index (χ0v) is 22.9. The van der Waals surface area contributed by atoms with E-state index in [0.717, 1.165) is 5.56 Å². The molecule has 36 heavy (non-hydrogen) atoms. The number of anilines is 1. The fraction of sp³-hybridized carbons (Fsp3) is 0.269. The Morgan fingerprint density at radius 2 is 1.67 bits per heavy atom. The first kappa shape index (κ1) is 27.7. The maximum atomic E-state index is 12.7. The van der Waals surface area contributed by atoms with Gasteiger partial charge in [0.1, 0.15) is 0 Å². The molecule has 10 heteroatoms. The molecule has 0 amide bonds. The third-order valence-electron chi connectivity index (χ3n) is 5.50. The van der Waals surface area contributed by atoms with Gasteiger partial charge in [-0.3, -0.25) is 0 Å². The van der Waals surface area contributed by atoms with Crippen LogP contribution in [0.5, 0.6) is 11.5 Å². The van der Waals surface area contributed by atoms with Gasteiger partial charge in [-0.05, 0) is 64.7 Å². The summed E-state index contributed by atoms with van der Waals surface area (Å²) in [5, 5.41) is 16.6. The summed E-state index contributed by atoms with van der Waals surface area (Å²) in [6.45, 7) is 7.03. The first-order valence-electron chi connectivity index (χ1n) is 11.2. The molecule has 7 nitrogen and oxygen atoms in total. The summed E-state index contributed by atoms with van der Waals surface area (Å²) in [4.78, 5) is 0.0905. The molecule has 0 aliphatic carbocycles. The number of hydrogen-bond donors (Lipinski definition) is 4. The van der Waals surface area contributed by atoms with E-state index >= 15 is 0 Å². The van der Waals surface area contributed by atoms with Crippen LogP contribution in [0, 0.1) is 0 Å². The number of aromatic hydroxyl groups is 1. The number of halogens is 1. The average Bonchev–Trinajstić information content (AvgIpc) is 2.82. The molecular weight excluding hydrogens is 518 g/mol. The Balaban J connectivity index is 1.56. The van der Waals surface area contributed by atoms with E-state index in [1.165, 1.54) is 36.9 Å². The van der Waals surface area contributed by atoms with Crippen LogP contribution in [-0.4, -0.2) is 25.7 Å². The van der Waals surface area contributed by atoms with Gasteiger partial charge in [0.25, 0.3) is 0 Å². The summed E-state index contributed by atoms with van der Waals surface area (Å²) in [7, 11) is -2.40. The first-order valence-corrected chi connectivity index (χ1v) is 13.5. The minimum Gasteiger partial charge on any atom is -0.504 e. The lowest BCUT2D eigenvalue weighted by molar-refractivity contribution is 0.373. The molecule has 0 spiro atoms. The molecule has 0 unspecified atom stereocenters. The van der Waals surface area contributed by atoms with Crippen molar-refractivity contribution in [1.82, 2.24) is 10.0 Å². The van der Waals surface area contributed by atoms with Crippen molar-refractivity contribution in [3.8, 4) is 11.5 Å². The number of benzene rings is 3. The smallest absolute Gasteiger partial charge is 0.240 e. The van der Waals surface area contributed by atoms with Crippen LogP contribution in [-0.2, 0) is 28.5 Å². The summed E-state index contributed by atoms with van der Waals surface area (Å²) < 4.78 is 33.0. The number of phenolic OH excluding ortho intramolecular Hbond substituents is 1. The van der Waals surface area contributed by atoms with Gasteiger partial charge in [-0.15, -0.1) is 0 Å². The molecule has 0 aromatic heterocycles. The zero-order chi connectivity index (χ0) is 26.5. The van der Waals surface area contributed by atoms with Gasteiger partial charge in [-0.1, -0.05) is 56.6 Å². The highest BCUT2D eigenvalue weighted by Gasteiger charge is 2.16. The molecule has 0 aliphatic heterocycles. The second-order valence-electron chi connectivity index (χ2n) is 9.22. The molecule has 4 N–H and O–H groups in total. The molecule has 3 aromatic rings. The fourth-order valence-corrected chi connectivity index (χ4v) is 4.76. The topological polar surface area (TPSA) is 99.7 Å². The second kappa shape index (κ2) is 11.5. The maximum absolute atomic E-state index is 12.7. The molecule has 3 rings (SSSR count). The Kier molecular flexibility index (Phi) is 8.84. The Morgan fingerprint density at radius 3 is 2.25 bits per heavy atom. The van der Waals surface area contributed by atoms with Crippen molar-refractivity contribution in [2.75, 3.05) is 12.4 Å². The molecule has 0 radical (unpaired) electrons. The summed E-state index contributed by atoms with van der Waals surface area (Å²) in [6.07, 6.45) is 0. The van der Waals surface area contributed by atoms with Crippen LogP contribution in [0.25, 0.3) is 0 Å². The van der Waals surface area contributed by atoms with E-state index in [-0.39, 0.29) is 33.4 Å². The molecule has 0 aliphatic rings. The Hall–Kier alpha value is -2.85. The number of hydrogen-bond acceptors (Lipinski definition) is 5. The van der Waals surface area contributed by atoms with Crippen molar-refractivity contribution in [3.63, 3.8) is 0 Å². The minimum atomic E-state index is -3.80. The van der Waals surface area contributed by atoms with Crippen LogP contribution in [0.2, 0.25) is 5.02 Å². The summed E-state index contributed by atoms with van der Waals surface area (Å²) in [5.41, 5.74) is 3.59. The van der Waals surface area contributed by atoms with E-state index in [9.17, 15) is 13.5 Å². The molecule has 0 atom stereocenters. The highest BCUT2D eigenvalue weighted by Crippen LogP contribution is 2.32. The van der Waals surface area contributed by atoms with Gasteiger partial charge in [0, 0.05) is 29.9 Å². The first-order chi connectivity index (χ1) is 16.9. The number of thiocarbonyl (C=S) groups is 1. The molecule has 192 valence electrons. The summed E-state index contributed by atoms with van der Waals surface area (Å²) in [5.74, 6) is 0.0820.